The first-order valence-electron chi connectivity index (χ1n) is 7.99. The monoisotopic (exact) mass is 280 g/mol. The smallest absolute Gasteiger partial charge is 0.118 e. The van der Waals surface area contributed by atoms with E-state index >= 15 is 0 Å². The largest absolute Gasteiger partial charge is 0.465 e. The van der Waals surface area contributed by atoms with Gasteiger partial charge in [-0.05, 0) is 57.3 Å². The van der Waals surface area contributed by atoms with Crippen LogP contribution < -0.4 is 5.32 Å². The lowest BCUT2D eigenvalue weighted by atomic mass is 9.81. The summed E-state index contributed by atoms with van der Waals surface area (Å²) in [4.78, 5) is 2.39. The maximum Gasteiger partial charge on any atom is 0.118 e. The van der Waals surface area contributed by atoms with Crippen LogP contribution in [-0.2, 0) is 6.54 Å². The van der Waals surface area contributed by atoms with Gasteiger partial charge in [-0.3, -0.25) is 4.90 Å². The summed E-state index contributed by atoms with van der Waals surface area (Å²) >= 11 is 0. The quantitative estimate of drug-likeness (QED) is 0.660. The minimum Gasteiger partial charge on any atom is -0.465 e. The third kappa shape index (κ3) is 5.29. The van der Waals surface area contributed by atoms with E-state index in [4.69, 9.17) is 4.42 Å². The fraction of sp³-hybridized carbons (Fsp3) is 0.765. The minimum absolute atomic E-state index is 0.367. The molecule has 0 fully saturated rings. The van der Waals surface area contributed by atoms with E-state index in [9.17, 15) is 0 Å². The molecule has 116 valence electrons. The van der Waals surface area contributed by atoms with E-state index < -0.39 is 0 Å². The molecule has 20 heavy (non-hydrogen) atoms. The third-order valence-electron chi connectivity index (χ3n) is 4.25. The van der Waals surface area contributed by atoms with Crippen molar-refractivity contribution in [3.8, 4) is 0 Å². The molecule has 0 aliphatic rings. The van der Waals surface area contributed by atoms with E-state index in [0.717, 1.165) is 37.7 Å². The van der Waals surface area contributed by atoms with Gasteiger partial charge in [0.2, 0.25) is 0 Å². The number of furan rings is 1. The van der Waals surface area contributed by atoms with Gasteiger partial charge >= 0.3 is 0 Å². The first kappa shape index (κ1) is 17.3. The lowest BCUT2D eigenvalue weighted by Gasteiger charge is -2.36. The van der Waals surface area contributed by atoms with Crippen molar-refractivity contribution < 1.29 is 4.42 Å². The molecule has 0 aliphatic carbocycles. The molecule has 3 nitrogen and oxygen atoms in total. The van der Waals surface area contributed by atoms with Gasteiger partial charge in [-0.1, -0.05) is 20.8 Å². The van der Waals surface area contributed by atoms with Gasteiger partial charge in [0.05, 0.1) is 6.54 Å². The van der Waals surface area contributed by atoms with Gasteiger partial charge in [-0.2, -0.15) is 0 Å². The lowest BCUT2D eigenvalue weighted by Crippen LogP contribution is -2.42. The molecule has 0 saturated carbocycles. The van der Waals surface area contributed by atoms with Crippen molar-refractivity contribution in [3.05, 3.63) is 23.7 Å². The number of aryl methyl sites for hydroxylation is 1. The number of nitrogens with zero attached hydrogens (tertiary/aromatic N) is 1. The molecule has 1 rings (SSSR count). The van der Waals surface area contributed by atoms with Crippen LogP contribution in [0, 0.1) is 12.3 Å². The third-order valence-corrected chi connectivity index (χ3v) is 4.25. The van der Waals surface area contributed by atoms with Crippen LogP contribution in [0.4, 0.5) is 0 Å². The Balaban J connectivity index is 2.54. The molecular formula is C17H32N2O. The lowest BCUT2D eigenvalue weighted by molar-refractivity contribution is 0.144. The summed E-state index contributed by atoms with van der Waals surface area (Å²) in [6, 6.07) is 4.12. The molecule has 0 saturated heterocycles. The van der Waals surface area contributed by atoms with E-state index in [0.29, 0.717) is 5.41 Å². The summed E-state index contributed by atoms with van der Waals surface area (Å²) in [6.45, 7) is 13.1. The van der Waals surface area contributed by atoms with Crippen LogP contribution >= 0.6 is 0 Å². The number of hydrogen-bond donors (Lipinski definition) is 1. The van der Waals surface area contributed by atoms with Gasteiger partial charge < -0.3 is 9.73 Å². The van der Waals surface area contributed by atoms with Crippen molar-refractivity contribution in [1.29, 1.82) is 0 Å². The molecule has 0 atom stereocenters. The molecule has 3 heteroatoms. The predicted octanol–water partition coefficient (Wildman–Crippen LogP) is 3.83. The minimum atomic E-state index is 0.367. The molecule has 1 aromatic heterocycles. The maximum atomic E-state index is 5.68. The number of hydrogen-bond acceptors (Lipinski definition) is 3. The van der Waals surface area contributed by atoms with Crippen molar-refractivity contribution in [2.24, 2.45) is 5.41 Å². The Labute approximate surface area is 124 Å². The molecule has 0 aromatic carbocycles. The fourth-order valence-electron chi connectivity index (χ4n) is 2.77. The molecule has 1 heterocycles. The van der Waals surface area contributed by atoms with Gasteiger partial charge in [0.15, 0.2) is 0 Å². The molecule has 0 bridgehead atoms. The van der Waals surface area contributed by atoms with E-state index in [1.165, 1.54) is 19.3 Å². The summed E-state index contributed by atoms with van der Waals surface area (Å²) in [7, 11) is 2.19. The summed E-state index contributed by atoms with van der Waals surface area (Å²) in [5, 5.41) is 3.60. The van der Waals surface area contributed by atoms with Crippen molar-refractivity contribution in [3.63, 3.8) is 0 Å². The summed E-state index contributed by atoms with van der Waals surface area (Å²) < 4.78 is 5.68. The van der Waals surface area contributed by atoms with Gasteiger partial charge in [0.25, 0.3) is 0 Å². The van der Waals surface area contributed by atoms with E-state index in [2.05, 4.69) is 44.1 Å². The zero-order chi connectivity index (χ0) is 15.0. The average Bonchev–Trinajstić information content (AvgIpc) is 2.83. The van der Waals surface area contributed by atoms with Crippen molar-refractivity contribution in [2.45, 2.75) is 53.5 Å². The highest BCUT2D eigenvalue weighted by molar-refractivity contribution is 5.05. The predicted molar refractivity (Wildman–Crippen MR) is 86.0 cm³/mol. The van der Waals surface area contributed by atoms with Crippen LogP contribution in [0.1, 0.15) is 51.6 Å². The van der Waals surface area contributed by atoms with Crippen molar-refractivity contribution >= 4 is 0 Å². The van der Waals surface area contributed by atoms with E-state index in [-0.39, 0.29) is 0 Å². The van der Waals surface area contributed by atoms with Crippen molar-refractivity contribution in [2.75, 3.05) is 26.7 Å². The van der Waals surface area contributed by atoms with E-state index in [1.54, 1.807) is 0 Å². The topological polar surface area (TPSA) is 28.4 Å². The second kappa shape index (κ2) is 8.48. The SMILES string of the molecule is CCCNCC(CC)(CC)CN(C)Cc1ccc(C)o1. The second-order valence-electron chi connectivity index (χ2n) is 6.07. The van der Waals surface area contributed by atoms with Crippen LogP contribution in [-0.4, -0.2) is 31.6 Å². The van der Waals surface area contributed by atoms with Crippen LogP contribution in [0.2, 0.25) is 0 Å². The summed E-state index contributed by atoms with van der Waals surface area (Å²) in [6.07, 6.45) is 3.62. The Bertz CT molecular complexity index is 369. The zero-order valence-corrected chi connectivity index (χ0v) is 14.0. The molecule has 0 spiro atoms. The molecule has 0 radical (unpaired) electrons. The second-order valence-corrected chi connectivity index (χ2v) is 6.07. The van der Waals surface area contributed by atoms with Crippen molar-refractivity contribution in [1.82, 2.24) is 10.2 Å². The molecule has 0 amide bonds. The Hall–Kier alpha value is -0.800. The zero-order valence-electron chi connectivity index (χ0n) is 14.0. The molecule has 1 N–H and O–H groups in total. The number of rotatable bonds is 10. The summed E-state index contributed by atoms with van der Waals surface area (Å²) in [5.41, 5.74) is 0.367. The standard InChI is InChI=1S/C17H32N2O/c1-6-11-18-13-17(7-2,8-3)14-19(5)12-16-10-9-15(4)20-16/h9-10,18H,6-8,11-14H2,1-5H3. The van der Waals surface area contributed by atoms with Crippen LogP contribution in [0.3, 0.4) is 0 Å². The van der Waals surface area contributed by atoms with Crippen LogP contribution in [0.15, 0.2) is 16.5 Å². The normalized spacial score (nSPS) is 12.3. The fourth-order valence-corrected chi connectivity index (χ4v) is 2.77. The van der Waals surface area contributed by atoms with Crippen LogP contribution in [0.5, 0.6) is 0 Å². The van der Waals surface area contributed by atoms with Gasteiger partial charge in [0.1, 0.15) is 11.5 Å². The highest BCUT2D eigenvalue weighted by Crippen LogP contribution is 2.27. The Morgan fingerprint density at radius 1 is 1.20 bits per heavy atom. The first-order chi connectivity index (χ1) is 9.55. The van der Waals surface area contributed by atoms with E-state index in [1.807, 2.05) is 13.0 Å². The molecular weight excluding hydrogens is 248 g/mol. The Morgan fingerprint density at radius 2 is 1.90 bits per heavy atom. The van der Waals surface area contributed by atoms with Gasteiger partial charge in [0, 0.05) is 13.1 Å². The Kier molecular flexibility index (Phi) is 7.31. The average molecular weight is 280 g/mol. The highest BCUT2D eigenvalue weighted by Gasteiger charge is 2.27. The first-order valence-corrected chi connectivity index (χ1v) is 7.99. The summed E-state index contributed by atoms with van der Waals surface area (Å²) in [5.74, 6) is 2.06. The molecule has 0 unspecified atom stereocenters. The highest BCUT2D eigenvalue weighted by atomic mass is 16.3. The maximum absolute atomic E-state index is 5.68. The van der Waals surface area contributed by atoms with Gasteiger partial charge in [-0.25, -0.2) is 0 Å². The molecule has 0 aliphatic heterocycles. The van der Waals surface area contributed by atoms with Gasteiger partial charge in [-0.15, -0.1) is 0 Å². The number of nitrogens with one attached hydrogen (secondary N) is 1. The Morgan fingerprint density at radius 3 is 2.40 bits per heavy atom. The van der Waals surface area contributed by atoms with Crippen LogP contribution in [0.25, 0.3) is 0 Å². The molecule has 1 aromatic rings.